The Kier molecular flexibility index (Phi) is 9.03. The molecule has 0 atom stereocenters. The van der Waals surface area contributed by atoms with E-state index in [0.29, 0.717) is 31.0 Å². The van der Waals surface area contributed by atoms with E-state index in [9.17, 15) is 9.59 Å². The van der Waals surface area contributed by atoms with Crippen molar-refractivity contribution in [3.8, 4) is 5.75 Å². The van der Waals surface area contributed by atoms with E-state index in [-0.39, 0.29) is 17.2 Å². The Balaban J connectivity index is 1.48. The van der Waals surface area contributed by atoms with Gasteiger partial charge in [-0.05, 0) is 50.3 Å². The lowest BCUT2D eigenvalue weighted by Gasteiger charge is -2.41. The van der Waals surface area contributed by atoms with Crippen LogP contribution in [-0.2, 0) is 9.53 Å². The first-order chi connectivity index (χ1) is 17.0. The van der Waals surface area contributed by atoms with Gasteiger partial charge in [0.25, 0.3) is 5.91 Å². The number of methoxy groups -OCH3 is 1. The van der Waals surface area contributed by atoms with Crippen LogP contribution in [-0.4, -0.2) is 118 Å². The van der Waals surface area contributed by atoms with Crippen molar-refractivity contribution in [2.75, 3.05) is 86.3 Å². The SMILES string of the molecule is COCC12CCCCN(C(=O)CN3CCN(C)CC3)CCOc3ccccc3C(=O)N(CC1)CC2. The third kappa shape index (κ3) is 6.74. The van der Waals surface area contributed by atoms with Crippen LogP contribution in [0, 0.1) is 5.41 Å². The van der Waals surface area contributed by atoms with Gasteiger partial charge in [0.1, 0.15) is 12.4 Å². The van der Waals surface area contributed by atoms with Crippen molar-refractivity contribution in [3.05, 3.63) is 29.8 Å². The van der Waals surface area contributed by atoms with E-state index in [1.807, 2.05) is 34.1 Å². The van der Waals surface area contributed by atoms with Gasteiger partial charge in [-0.3, -0.25) is 14.5 Å². The highest BCUT2D eigenvalue weighted by Crippen LogP contribution is 2.38. The average Bonchev–Trinajstić information content (AvgIpc) is 2.87. The number of nitrogens with zero attached hydrogens (tertiary/aromatic N) is 4. The number of carbonyl (C=O) groups is 2. The van der Waals surface area contributed by atoms with Crippen molar-refractivity contribution in [3.63, 3.8) is 0 Å². The van der Waals surface area contributed by atoms with Gasteiger partial charge in [-0.1, -0.05) is 18.6 Å². The molecule has 0 saturated carbocycles. The van der Waals surface area contributed by atoms with E-state index in [4.69, 9.17) is 9.47 Å². The van der Waals surface area contributed by atoms with Crippen LogP contribution in [0.15, 0.2) is 24.3 Å². The number of piperidine rings is 1. The van der Waals surface area contributed by atoms with Gasteiger partial charge in [-0.25, -0.2) is 0 Å². The summed E-state index contributed by atoms with van der Waals surface area (Å²) in [6.07, 6.45) is 4.98. The molecule has 1 aromatic carbocycles. The Hall–Kier alpha value is -2.16. The van der Waals surface area contributed by atoms with Gasteiger partial charge in [0.2, 0.25) is 5.91 Å². The second-order valence-corrected chi connectivity index (χ2v) is 10.5. The fraction of sp³-hybridized carbons (Fsp3) is 0.704. The van der Waals surface area contributed by atoms with Gasteiger partial charge in [-0.2, -0.15) is 0 Å². The van der Waals surface area contributed by atoms with E-state index < -0.39 is 0 Å². The molecule has 0 aromatic heterocycles. The van der Waals surface area contributed by atoms with Crippen LogP contribution in [0.2, 0.25) is 0 Å². The monoisotopic (exact) mass is 486 g/mol. The number of carbonyl (C=O) groups excluding carboxylic acids is 2. The van der Waals surface area contributed by atoms with Crippen LogP contribution >= 0.6 is 0 Å². The molecule has 2 saturated heterocycles. The Morgan fingerprint density at radius 3 is 2.46 bits per heavy atom. The zero-order valence-electron chi connectivity index (χ0n) is 21.5. The van der Waals surface area contributed by atoms with Crippen molar-refractivity contribution >= 4 is 11.8 Å². The maximum Gasteiger partial charge on any atom is 0.257 e. The molecule has 0 radical (unpaired) electrons. The minimum absolute atomic E-state index is 0.0319. The molecule has 4 heterocycles. The summed E-state index contributed by atoms with van der Waals surface area (Å²) in [5.74, 6) is 0.808. The highest BCUT2D eigenvalue weighted by Gasteiger charge is 2.36. The summed E-state index contributed by atoms with van der Waals surface area (Å²) in [7, 11) is 3.90. The molecule has 0 unspecified atom stereocenters. The molecule has 194 valence electrons. The van der Waals surface area contributed by atoms with Crippen molar-refractivity contribution in [2.24, 2.45) is 5.41 Å². The minimum Gasteiger partial charge on any atom is -0.491 e. The lowest BCUT2D eigenvalue weighted by Crippen LogP contribution is -2.49. The molecule has 2 bridgehead atoms. The van der Waals surface area contributed by atoms with E-state index in [0.717, 1.165) is 84.5 Å². The second-order valence-electron chi connectivity index (χ2n) is 10.5. The summed E-state index contributed by atoms with van der Waals surface area (Å²) in [6.45, 7) is 8.18. The molecular weight excluding hydrogens is 444 g/mol. The Bertz CT molecular complexity index is 847. The van der Waals surface area contributed by atoms with Gasteiger partial charge in [0, 0.05) is 52.9 Å². The Morgan fingerprint density at radius 1 is 0.971 bits per heavy atom. The zero-order chi connectivity index (χ0) is 24.7. The fourth-order valence-electron chi connectivity index (χ4n) is 5.62. The predicted octanol–water partition coefficient (Wildman–Crippen LogP) is 2.19. The molecule has 8 heteroatoms. The van der Waals surface area contributed by atoms with Gasteiger partial charge in [-0.15, -0.1) is 0 Å². The standard InChI is InChI=1S/C27H42N4O4/c1-28-15-17-29(18-16-28)21-25(32)30-12-6-5-9-27(22-34-2)10-13-31(14-11-27)26(33)23-7-3-4-8-24(23)35-20-19-30/h3-4,7-8H,5-6,9-22H2,1-2H3. The number of benzene rings is 1. The van der Waals surface area contributed by atoms with Gasteiger partial charge in [0.15, 0.2) is 0 Å². The van der Waals surface area contributed by atoms with Gasteiger partial charge in [0.05, 0.1) is 25.3 Å². The maximum atomic E-state index is 13.4. The summed E-state index contributed by atoms with van der Waals surface area (Å²) >= 11 is 0. The minimum atomic E-state index is 0.0319. The Morgan fingerprint density at radius 2 is 1.71 bits per heavy atom. The van der Waals surface area contributed by atoms with Crippen LogP contribution in [0.5, 0.6) is 5.75 Å². The number of ether oxygens (including phenoxy) is 2. The highest BCUT2D eigenvalue weighted by atomic mass is 16.5. The molecule has 0 spiro atoms. The number of likely N-dealkylation sites (N-methyl/N-ethyl adjacent to an activating group) is 1. The third-order valence-electron chi connectivity index (χ3n) is 7.99. The molecule has 4 aliphatic heterocycles. The number of hydrogen-bond acceptors (Lipinski definition) is 6. The molecular formula is C27H42N4O4. The van der Waals surface area contributed by atoms with Crippen molar-refractivity contribution in [1.29, 1.82) is 0 Å². The molecule has 4 aliphatic rings. The molecule has 2 amide bonds. The van der Waals surface area contributed by atoms with Crippen molar-refractivity contribution < 1.29 is 19.1 Å². The number of piperazine rings is 1. The highest BCUT2D eigenvalue weighted by molar-refractivity contribution is 5.97. The first-order valence-corrected chi connectivity index (χ1v) is 13.2. The van der Waals surface area contributed by atoms with Crippen LogP contribution in [0.4, 0.5) is 0 Å². The first kappa shape index (κ1) is 25.9. The quantitative estimate of drug-likeness (QED) is 0.650. The lowest BCUT2D eigenvalue weighted by molar-refractivity contribution is -0.133. The molecule has 0 N–H and O–H groups in total. The van der Waals surface area contributed by atoms with E-state index >= 15 is 0 Å². The number of rotatable bonds is 4. The van der Waals surface area contributed by atoms with Crippen molar-refractivity contribution in [2.45, 2.75) is 32.1 Å². The van der Waals surface area contributed by atoms with Crippen LogP contribution in [0.1, 0.15) is 42.5 Å². The predicted molar refractivity (Wildman–Crippen MR) is 136 cm³/mol. The molecule has 1 aromatic rings. The summed E-state index contributed by atoms with van der Waals surface area (Å²) < 4.78 is 11.7. The number of para-hydroxylation sites is 1. The molecule has 8 nitrogen and oxygen atoms in total. The van der Waals surface area contributed by atoms with Crippen LogP contribution in [0.25, 0.3) is 0 Å². The number of hydrogen-bond donors (Lipinski definition) is 0. The molecule has 35 heavy (non-hydrogen) atoms. The van der Waals surface area contributed by atoms with Gasteiger partial charge >= 0.3 is 0 Å². The zero-order valence-corrected chi connectivity index (χ0v) is 21.5. The largest absolute Gasteiger partial charge is 0.491 e. The van der Waals surface area contributed by atoms with Crippen LogP contribution < -0.4 is 4.74 Å². The second kappa shape index (κ2) is 12.2. The van der Waals surface area contributed by atoms with E-state index in [1.54, 1.807) is 7.11 Å². The normalized spacial score (nSPS) is 22.7. The number of amides is 2. The third-order valence-corrected chi connectivity index (χ3v) is 7.99. The van der Waals surface area contributed by atoms with Crippen LogP contribution in [0.3, 0.4) is 0 Å². The molecule has 5 rings (SSSR count). The van der Waals surface area contributed by atoms with Crippen molar-refractivity contribution in [1.82, 2.24) is 19.6 Å². The Labute approximate surface area is 210 Å². The summed E-state index contributed by atoms with van der Waals surface area (Å²) in [4.78, 5) is 35.1. The topological polar surface area (TPSA) is 65.6 Å². The molecule has 2 fully saturated rings. The summed E-state index contributed by atoms with van der Waals surface area (Å²) in [6, 6.07) is 7.50. The summed E-state index contributed by atoms with van der Waals surface area (Å²) in [5.41, 5.74) is 0.716. The lowest BCUT2D eigenvalue weighted by atomic mass is 9.75. The fourth-order valence-corrected chi connectivity index (χ4v) is 5.62. The van der Waals surface area contributed by atoms with E-state index in [2.05, 4.69) is 16.8 Å². The molecule has 0 aliphatic carbocycles. The number of fused-ring (bicyclic) bond motifs is 9. The first-order valence-electron chi connectivity index (χ1n) is 13.2. The summed E-state index contributed by atoms with van der Waals surface area (Å²) in [5, 5.41) is 0. The smallest absolute Gasteiger partial charge is 0.257 e. The van der Waals surface area contributed by atoms with Gasteiger partial charge < -0.3 is 24.2 Å². The maximum absolute atomic E-state index is 13.4. The van der Waals surface area contributed by atoms with E-state index in [1.165, 1.54) is 0 Å². The average molecular weight is 487 g/mol.